The van der Waals surface area contributed by atoms with E-state index in [0.29, 0.717) is 11.8 Å². The van der Waals surface area contributed by atoms with E-state index < -0.39 is 72.8 Å². The highest BCUT2D eigenvalue weighted by Crippen LogP contribution is 2.37. The highest BCUT2D eigenvalue weighted by Gasteiger charge is 2.49. The Morgan fingerprint density at radius 1 is 0.741 bits per heavy atom. The highest BCUT2D eigenvalue weighted by molar-refractivity contribution is 8.00. The Morgan fingerprint density at radius 2 is 1.11 bits per heavy atom. The number of ether oxygens (including phenoxy) is 2. The summed E-state index contributed by atoms with van der Waals surface area (Å²) < 4.78 is 10.8. The van der Waals surface area contributed by atoms with Crippen LogP contribution in [0.1, 0.15) is 0 Å². The molecule has 2 rings (SSSR count). The largest absolute Gasteiger partial charge is 0.394 e. The molecule has 2 saturated heterocycles. The van der Waals surface area contributed by atoms with Gasteiger partial charge in [-0.05, 0) is 11.1 Å². The molecule has 0 saturated carbocycles. The Bertz CT molecular complexity index is 554. The van der Waals surface area contributed by atoms with Gasteiger partial charge in [0.15, 0.2) is 0 Å². The van der Waals surface area contributed by atoms with Gasteiger partial charge in [0.2, 0.25) is 0 Å². The molecular formula is C12H20N6O8S. The van der Waals surface area contributed by atoms with Crippen molar-refractivity contribution in [3.8, 4) is 0 Å². The van der Waals surface area contributed by atoms with Crippen molar-refractivity contribution in [2.45, 2.75) is 59.6 Å². The average molecular weight is 408 g/mol. The molecule has 0 spiro atoms. The first-order valence-corrected chi connectivity index (χ1v) is 8.82. The van der Waals surface area contributed by atoms with Crippen molar-refractivity contribution in [1.82, 2.24) is 0 Å². The molecule has 10 atom stereocenters. The molecule has 152 valence electrons. The van der Waals surface area contributed by atoms with Crippen LogP contribution in [0.4, 0.5) is 0 Å². The van der Waals surface area contributed by atoms with Crippen molar-refractivity contribution in [2.24, 2.45) is 10.2 Å². The third-order valence-electron chi connectivity index (χ3n) is 4.34. The van der Waals surface area contributed by atoms with Crippen molar-refractivity contribution in [3.05, 3.63) is 20.9 Å². The number of aliphatic hydroxyl groups excluding tert-OH is 6. The van der Waals surface area contributed by atoms with Crippen LogP contribution in [0.25, 0.3) is 20.9 Å². The second-order valence-electron chi connectivity index (χ2n) is 5.94. The van der Waals surface area contributed by atoms with Crippen molar-refractivity contribution in [3.63, 3.8) is 0 Å². The monoisotopic (exact) mass is 408 g/mol. The molecule has 2 fully saturated rings. The van der Waals surface area contributed by atoms with Crippen molar-refractivity contribution in [1.29, 1.82) is 0 Å². The van der Waals surface area contributed by atoms with E-state index >= 15 is 0 Å². The second kappa shape index (κ2) is 9.73. The smallest absolute Gasteiger partial charge is 0.132 e. The Labute approximate surface area is 156 Å². The lowest BCUT2D eigenvalue weighted by Crippen LogP contribution is -2.60. The molecule has 14 nitrogen and oxygen atoms in total. The summed E-state index contributed by atoms with van der Waals surface area (Å²) in [7, 11) is 0. The van der Waals surface area contributed by atoms with Crippen LogP contribution in [-0.4, -0.2) is 103 Å². The van der Waals surface area contributed by atoms with Crippen molar-refractivity contribution in [2.75, 3.05) is 13.2 Å². The van der Waals surface area contributed by atoms with E-state index in [-0.39, 0.29) is 0 Å². The van der Waals surface area contributed by atoms with Gasteiger partial charge in [-0.25, -0.2) is 0 Å². The van der Waals surface area contributed by atoms with Gasteiger partial charge < -0.3 is 40.1 Å². The minimum Gasteiger partial charge on any atom is -0.394 e. The quantitative estimate of drug-likeness (QED) is 0.161. The van der Waals surface area contributed by atoms with Crippen molar-refractivity contribution >= 4 is 11.8 Å². The zero-order valence-corrected chi connectivity index (χ0v) is 14.6. The van der Waals surface area contributed by atoms with Crippen molar-refractivity contribution < 1.29 is 40.1 Å². The lowest BCUT2D eigenvalue weighted by atomic mass is 9.98. The fourth-order valence-corrected chi connectivity index (χ4v) is 4.21. The SMILES string of the molecule is [N-]=[N+]=NC1C(O)[C@H](S[C@@H]2OC(CO)[C@H](O)C(N=[N+]=[N-])C2O)OC(CO)[C@@H]1O. The topological polar surface area (TPSA) is 237 Å². The molecule has 0 bridgehead atoms. The molecule has 6 unspecified atom stereocenters. The number of rotatable bonds is 6. The summed E-state index contributed by atoms with van der Waals surface area (Å²) in [5.41, 5.74) is 14.8. The van der Waals surface area contributed by atoms with Gasteiger partial charge >= 0.3 is 0 Å². The van der Waals surface area contributed by atoms with E-state index in [4.69, 9.17) is 20.5 Å². The third kappa shape index (κ3) is 4.56. The predicted molar refractivity (Wildman–Crippen MR) is 89.0 cm³/mol. The van der Waals surface area contributed by atoms with Crippen LogP contribution in [0.5, 0.6) is 0 Å². The lowest BCUT2D eigenvalue weighted by molar-refractivity contribution is -0.170. The van der Waals surface area contributed by atoms with Crippen LogP contribution in [0.3, 0.4) is 0 Å². The van der Waals surface area contributed by atoms with Crippen LogP contribution in [-0.2, 0) is 9.47 Å². The fourth-order valence-electron chi connectivity index (χ4n) is 2.88. The van der Waals surface area contributed by atoms with Gasteiger partial charge in [0.1, 0.15) is 35.3 Å². The van der Waals surface area contributed by atoms with Crippen LogP contribution in [0.2, 0.25) is 0 Å². The Kier molecular flexibility index (Phi) is 7.91. The molecule has 2 heterocycles. The summed E-state index contributed by atoms with van der Waals surface area (Å²) in [6.07, 6.45) is -8.30. The van der Waals surface area contributed by atoms with Crippen LogP contribution in [0, 0.1) is 0 Å². The van der Waals surface area contributed by atoms with Gasteiger partial charge in [0.25, 0.3) is 0 Å². The van der Waals surface area contributed by atoms with E-state index in [1.165, 1.54) is 0 Å². The molecule has 6 N–H and O–H groups in total. The van der Waals surface area contributed by atoms with Gasteiger partial charge in [0, 0.05) is 9.82 Å². The summed E-state index contributed by atoms with van der Waals surface area (Å²) in [5, 5.41) is 66.0. The number of hydrogen-bond acceptors (Lipinski definition) is 11. The molecule has 15 heteroatoms. The third-order valence-corrected chi connectivity index (χ3v) is 5.65. The summed E-state index contributed by atoms with van der Waals surface area (Å²) in [6.45, 7) is -1.26. The number of thioether (sulfide) groups is 1. The average Bonchev–Trinajstić information content (AvgIpc) is 2.66. The molecule has 0 aliphatic carbocycles. The minimum absolute atomic E-state index is 0.629. The maximum atomic E-state index is 10.3. The summed E-state index contributed by atoms with van der Waals surface area (Å²) in [5.74, 6) is 0. The van der Waals surface area contributed by atoms with Crippen LogP contribution in [0.15, 0.2) is 10.2 Å². The number of azide groups is 2. The molecule has 0 aromatic carbocycles. The first-order chi connectivity index (χ1) is 12.9. The van der Waals surface area contributed by atoms with Gasteiger partial charge in [-0.1, -0.05) is 22.0 Å². The lowest BCUT2D eigenvalue weighted by Gasteiger charge is -2.44. The molecule has 2 aliphatic heterocycles. The zero-order chi connectivity index (χ0) is 20.1. The minimum atomic E-state index is -1.52. The maximum Gasteiger partial charge on any atom is 0.132 e. The summed E-state index contributed by atoms with van der Waals surface area (Å²) in [4.78, 5) is 5.11. The Morgan fingerprint density at radius 3 is 1.41 bits per heavy atom. The number of nitrogens with zero attached hydrogens (tertiary/aromatic N) is 6. The Balaban J connectivity index is 2.21. The van der Waals surface area contributed by atoms with E-state index in [2.05, 4.69) is 20.1 Å². The van der Waals surface area contributed by atoms with Gasteiger partial charge in [0.05, 0.1) is 37.5 Å². The van der Waals surface area contributed by atoms with Gasteiger partial charge in [-0.15, -0.1) is 0 Å². The van der Waals surface area contributed by atoms with E-state index in [0.717, 1.165) is 0 Å². The Hall–Kier alpha value is -1.35. The normalized spacial score (nSPS) is 44.8. The van der Waals surface area contributed by atoms with Crippen LogP contribution >= 0.6 is 11.8 Å². The molecular weight excluding hydrogens is 388 g/mol. The first-order valence-electron chi connectivity index (χ1n) is 7.88. The summed E-state index contributed by atoms with van der Waals surface area (Å²) >= 11 is 0.704. The number of hydrogen-bond donors (Lipinski definition) is 6. The fraction of sp³-hybridized carbons (Fsp3) is 1.00. The molecule has 0 aromatic heterocycles. The number of aliphatic hydroxyl groups is 6. The van der Waals surface area contributed by atoms with E-state index in [1.807, 2.05) is 0 Å². The van der Waals surface area contributed by atoms with Crippen LogP contribution < -0.4 is 0 Å². The van der Waals surface area contributed by atoms with Gasteiger partial charge in [-0.3, -0.25) is 0 Å². The standard InChI is InChI=1S/C12H20N6O8S/c13-17-15-5-7(21)3(1-19)25-11(9(5)23)27-12-10(24)6(16-18-14)8(22)4(2-20)26-12/h3-12,19-24H,1-2H2/t3?,4?,5?,6?,7-,8-,9?,10?,11-,12-/m0/s1. The summed E-state index contributed by atoms with van der Waals surface area (Å²) in [6, 6.07) is -2.66. The predicted octanol–water partition coefficient (Wildman–Crippen LogP) is -2.04. The molecule has 0 amide bonds. The molecule has 0 radical (unpaired) electrons. The maximum absolute atomic E-state index is 10.3. The molecule has 27 heavy (non-hydrogen) atoms. The van der Waals surface area contributed by atoms with Gasteiger partial charge in [-0.2, -0.15) is 0 Å². The molecule has 0 aromatic rings. The zero-order valence-electron chi connectivity index (χ0n) is 13.8. The van der Waals surface area contributed by atoms with E-state index in [1.54, 1.807) is 0 Å². The second-order valence-corrected chi connectivity index (χ2v) is 7.14. The first kappa shape index (κ1) is 21.9. The highest BCUT2D eigenvalue weighted by atomic mass is 32.2. The molecule has 2 aliphatic rings. The van der Waals surface area contributed by atoms with E-state index in [9.17, 15) is 30.6 Å².